The van der Waals surface area contributed by atoms with E-state index in [-0.39, 0.29) is 11.3 Å². The first-order valence-corrected chi connectivity index (χ1v) is 5.34. The average Bonchev–Trinajstić information content (AvgIpc) is 2.23. The molecule has 0 radical (unpaired) electrons. The largest absolute Gasteiger partial charge is 0.504 e. The summed E-state index contributed by atoms with van der Waals surface area (Å²) >= 11 is 0. The van der Waals surface area contributed by atoms with Gasteiger partial charge in [0.25, 0.3) is 0 Å². The Morgan fingerprint density at radius 2 is 1.94 bits per heavy atom. The van der Waals surface area contributed by atoms with Gasteiger partial charge in [0.05, 0.1) is 0 Å². The van der Waals surface area contributed by atoms with Crippen molar-refractivity contribution < 1.29 is 20.1 Å². The Morgan fingerprint density at radius 1 is 1.25 bits per heavy atom. The summed E-state index contributed by atoms with van der Waals surface area (Å²) < 4.78 is 0. The van der Waals surface area contributed by atoms with E-state index in [1.807, 2.05) is 0 Å². The number of unbranched alkanes of at least 4 members (excludes halogenated alkanes) is 2. The molecule has 1 rings (SSSR count). The number of phenols is 2. The van der Waals surface area contributed by atoms with Gasteiger partial charge in [-0.1, -0.05) is 19.8 Å². The molecule has 0 fully saturated rings. The molecule has 3 N–H and O–H groups in total. The van der Waals surface area contributed by atoms with E-state index in [1.54, 1.807) is 0 Å². The molecule has 0 spiro atoms. The quantitative estimate of drug-likeness (QED) is 0.530. The number of aromatic carboxylic acids is 1. The van der Waals surface area contributed by atoms with Gasteiger partial charge in [0, 0.05) is 0 Å². The van der Waals surface area contributed by atoms with E-state index in [4.69, 9.17) is 5.11 Å². The third-order valence-electron chi connectivity index (χ3n) is 2.45. The fourth-order valence-corrected chi connectivity index (χ4v) is 1.56. The van der Waals surface area contributed by atoms with E-state index in [2.05, 4.69) is 6.92 Å². The predicted molar refractivity (Wildman–Crippen MR) is 60.0 cm³/mol. The first kappa shape index (κ1) is 12.4. The van der Waals surface area contributed by atoms with Crippen LogP contribution in [0.1, 0.15) is 42.1 Å². The lowest BCUT2D eigenvalue weighted by molar-refractivity contribution is 0.0693. The molecule has 4 heteroatoms. The van der Waals surface area contributed by atoms with Crippen LogP contribution in [0.15, 0.2) is 12.1 Å². The molecule has 0 aliphatic heterocycles. The van der Waals surface area contributed by atoms with Gasteiger partial charge in [-0.25, -0.2) is 4.79 Å². The molecule has 0 aromatic heterocycles. The van der Waals surface area contributed by atoms with Crippen molar-refractivity contribution in [2.75, 3.05) is 0 Å². The van der Waals surface area contributed by atoms with Crippen molar-refractivity contribution in [1.29, 1.82) is 0 Å². The standard InChI is InChI=1S/C12H16O4/c1-2-3-4-5-8-6-9(12(15)16)11(14)10(13)7-8/h6-7,13-14H,2-5H2,1H3,(H,15,16). The molecule has 0 saturated carbocycles. The Labute approximate surface area is 94.2 Å². The zero-order valence-electron chi connectivity index (χ0n) is 9.23. The lowest BCUT2D eigenvalue weighted by Crippen LogP contribution is -1.99. The van der Waals surface area contributed by atoms with Crippen LogP contribution in [0.3, 0.4) is 0 Å². The lowest BCUT2D eigenvalue weighted by atomic mass is 10.0. The number of aryl methyl sites for hydroxylation is 1. The number of rotatable bonds is 5. The molecule has 1 aromatic carbocycles. The first-order chi connectivity index (χ1) is 7.56. The topological polar surface area (TPSA) is 77.8 Å². The highest BCUT2D eigenvalue weighted by molar-refractivity contribution is 5.92. The highest BCUT2D eigenvalue weighted by atomic mass is 16.4. The van der Waals surface area contributed by atoms with Crippen molar-refractivity contribution >= 4 is 5.97 Å². The second kappa shape index (κ2) is 5.39. The summed E-state index contributed by atoms with van der Waals surface area (Å²) in [6.07, 6.45) is 3.79. The van der Waals surface area contributed by atoms with Gasteiger partial charge in [-0.05, 0) is 30.5 Å². The summed E-state index contributed by atoms with van der Waals surface area (Å²) in [4.78, 5) is 10.8. The maximum absolute atomic E-state index is 10.8. The van der Waals surface area contributed by atoms with Gasteiger partial charge in [-0.3, -0.25) is 0 Å². The minimum absolute atomic E-state index is 0.244. The van der Waals surface area contributed by atoms with Crippen molar-refractivity contribution in [2.24, 2.45) is 0 Å². The summed E-state index contributed by atoms with van der Waals surface area (Å²) in [5.74, 6) is -2.16. The van der Waals surface area contributed by atoms with Crippen LogP contribution in [0.25, 0.3) is 0 Å². The Bertz CT molecular complexity index is 385. The molecular weight excluding hydrogens is 208 g/mol. The van der Waals surface area contributed by atoms with Crippen molar-refractivity contribution in [3.63, 3.8) is 0 Å². The summed E-state index contributed by atoms with van der Waals surface area (Å²) in [5.41, 5.74) is 0.493. The van der Waals surface area contributed by atoms with Gasteiger partial charge in [0.1, 0.15) is 5.56 Å². The van der Waals surface area contributed by atoms with Gasteiger partial charge in [0.15, 0.2) is 11.5 Å². The highest BCUT2D eigenvalue weighted by Gasteiger charge is 2.14. The van der Waals surface area contributed by atoms with Gasteiger partial charge < -0.3 is 15.3 Å². The molecule has 0 unspecified atom stereocenters. The van der Waals surface area contributed by atoms with E-state index in [9.17, 15) is 15.0 Å². The van der Waals surface area contributed by atoms with Crippen LogP contribution in [0, 0.1) is 0 Å². The van der Waals surface area contributed by atoms with E-state index in [0.717, 1.165) is 24.8 Å². The van der Waals surface area contributed by atoms with Gasteiger partial charge >= 0.3 is 5.97 Å². The molecule has 0 aliphatic rings. The number of hydrogen-bond donors (Lipinski definition) is 3. The Morgan fingerprint density at radius 3 is 2.50 bits per heavy atom. The molecule has 88 valence electrons. The Hall–Kier alpha value is -1.71. The molecule has 16 heavy (non-hydrogen) atoms. The summed E-state index contributed by atoms with van der Waals surface area (Å²) in [6.45, 7) is 2.08. The van der Waals surface area contributed by atoms with Crippen LogP contribution in [0.4, 0.5) is 0 Å². The van der Waals surface area contributed by atoms with E-state index >= 15 is 0 Å². The maximum Gasteiger partial charge on any atom is 0.339 e. The fourth-order valence-electron chi connectivity index (χ4n) is 1.56. The zero-order valence-corrected chi connectivity index (χ0v) is 9.23. The van der Waals surface area contributed by atoms with Crippen LogP contribution in [0.5, 0.6) is 11.5 Å². The number of carboxylic acids is 1. The van der Waals surface area contributed by atoms with Crippen molar-refractivity contribution in [1.82, 2.24) is 0 Å². The monoisotopic (exact) mass is 224 g/mol. The number of aromatic hydroxyl groups is 2. The second-order valence-corrected chi connectivity index (χ2v) is 3.77. The van der Waals surface area contributed by atoms with E-state index < -0.39 is 11.7 Å². The number of carboxylic acid groups (broad SMARTS) is 1. The molecule has 0 aliphatic carbocycles. The predicted octanol–water partition coefficient (Wildman–Crippen LogP) is 2.53. The summed E-state index contributed by atoms with van der Waals surface area (Å²) in [5, 5.41) is 27.5. The molecule has 0 saturated heterocycles. The van der Waals surface area contributed by atoms with Crippen LogP contribution in [-0.4, -0.2) is 21.3 Å². The molecule has 0 amide bonds. The SMILES string of the molecule is CCCCCc1cc(O)c(O)c(C(=O)O)c1. The smallest absolute Gasteiger partial charge is 0.339 e. The number of carbonyl (C=O) groups is 1. The molecule has 0 atom stereocenters. The average molecular weight is 224 g/mol. The van der Waals surface area contributed by atoms with Crippen LogP contribution in [-0.2, 0) is 6.42 Å². The third-order valence-corrected chi connectivity index (χ3v) is 2.45. The summed E-state index contributed by atoms with van der Waals surface area (Å²) in [7, 11) is 0. The molecule has 0 heterocycles. The lowest BCUT2D eigenvalue weighted by Gasteiger charge is -2.06. The maximum atomic E-state index is 10.8. The fraction of sp³-hybridized carbons (Fsp3) is 0.417. The van der Waals surface area contributed by atoms with Gasteiger partial charge in [-0.15, -0.1) is 0 Å². The molecular formula is C12H16O4. The minimum Gasteiger partial charge on any atom is -0.504 e. The Kier molecular flexibility index (Phi) is 4.17. The molecule has 0 bridgehead atoms. The van der Waals surface area contributed by atoms with Crippen molar-refractivity contribution in [3.05, 3.63) is 23.3 Å². The third kappa shape index (κ3) is 2.89. The van der Waals surface area contributed by atoms with Crippen molar-refractivity contribution in [2.45, 2.75) is 32.6 Å². The first-order valence-electron chi connectivity index (χ1n) is 5.34. The summed E-state index contributed by atoms with van der Waals surface area (Å²) in [6, 6.07) is 2.82. The number of hydrogen-bond acceptors (Lipinski definition) is 3. The van der Waals surface area contributed by atoms with Crippen molar-refractivity contribution in [3.8, 4) is 11.5 Å². The van der Waals surface area contributed by atoms with E-state index in [1.165, 1.54) is 12.1 Å². The van der Waals surface area contributed by atoms with Crippen LogP contribution >= 0.6 is 0 Å². The van der Waals surface area contributed by atoms with E-state index in [0.29, 0.717) is 6.42 Å². The molecule has 1 aromatic rings. The Balaban J connectivity index is 2.91. The van der Waals surface area contributed by atoms with Crippen LogP contribution < -0.4 is 0 Å². The van der Waals surface area contributed by atoms with Gasteiger partial charge in [0.2, 0.25) is 0 Å². The zero-order chi connectivity index (χ0) is 12.1. The normalized spacial score (nSPS) is 10.3. The molecule has 4 nitrogen and oxygen atoms in total. The second-order valence-electron chi connectivity index (χ2n) is 3.77. The highest BCUT2D eigenvalue weighted by Crippen LogP contribution is 2.30. The minimum atomic E-state index is -1.23. The number of phenolic OH excluding ortho intramolecular Hbond substituents is 1. The number of benzene rings is 1. The van der Waals surface area contributed by atoms with Crippen LogP contribution in [0.2, 0.25) is 0 Å². The van der Waals surface area contributed by atoms with Gasteiger partial charge in [-0.2, -0.15) is 0 Å².